The van der Waals surface area contributed by atoms with E-state index < -0.39 is 5.92 Å². The summed E-state index contributed by atoms with van der Waals surface area (Å²) >= 11 is 0. The molecular weight excluding hydrogens is 134 g/mol. The topological polar surface area (TPSA) is 0 Å². The molecule has 2 heteroatoms. The summed E-state index contributed by atoms with van der Waals surface area (Å²) in [5, 5.41) is 0. The molecule has 1 aliphatic rings. The van der Waals surface area contributed by atoms with Crippen LogP contribution in [0.1, 0.15) is 39.0 Å². The molecule has 60 valence electrons. The van der Waals surface area contributed by atoms with Crippen LogP contribution in [0, 0.1) is 5.92 Å². The van der Waals surface area contributed by atoms with Gasteiger partial charge in [0.25, 0.3) is 0 Å². The van der Waals surface area contributed by atoms with Gasteiger partial charge in [-0.05, 0) is 12.3 Å². The Hall–Kier alpha value is -0.140. The lowest BCUT2D eigenvalue weighted by molar-refractivity contribution is -0.0528. The molecule has 10 heavy (non-hydrogen) atoms. The van der Waals surface area contributed by atoms with Crippen molar-refractivity contribution in [1.29, 1.82) is 0 Å². The highest BCUT2D eigenvalue weighted by Crippen LogP contribution is 2.37. The lowest BCUT2D eigenvalue weighted by Gasteiger charge is -2.27. The third-order valence-corrected chi connectivity index (χ3v) is 2.32. The molecule has 0 spiro atoms. The highest BCUT2D eigenvalue weighted by molar-refractivity contribution is 4.77. The minimum absolute atomic E-state index is 0.115. The maximum absolute atomic E-state index is 12.6. The average Bonchev–Trinajstić information content (AvgIpc) is 1.86. The summed E-state index contributed by atoms with van der Waals surface area (Å²) in [5.74, 6) is -2.07. The van der Waals surface area contributed by atoms with Crippen LogP contribution in [0.15, 0.2) is 0 Å². The number of rotatable bonds is 1. The van der Waals surface area contributed by atoms with Crippen molar-refractivity contribution in [3.8, 4) is 0 Å². The van der Waals surface area contributed by atoms with E-state index in [1.54, 1.807) is 0 Å². The summed E-state index contributed by atoms with van der Waals surface area (Å²) < 4.78 is 25.3. The Kier molecular flexibility index (Phi) is 2.27. The Morgan fingerprint density at radius 2 is 2.20 bits per heavy atom. The van der Waals surface area contributed by atoms with E-state index in [9.17, 15) is 8.78 Å². The van der Waals surface area contributed by atoms with Crippen molar-refractivity contribution in [3.63, 3.8) is 0 Å². The summed E-state index contributed by atoms with van der Waals surface area (Å²) in [6.45, 7) is 1.99. The second-order valence-electron chi connectivity index (χ2n) is 3.23. The third kappa shape index (κ3) is 1.93. The molecule has 1 unspecified atom stereocenters. The van der Waals surface area contributed by atoms with Crippen LogP contribution in [0.2, 0.25) is 0 Å². The van der Waals surface area contributed by atoms with Crippen LogP contribution in [0.5, 0.6) is 0 Å². The summed E-state index contributed by atoms with van der Waals surface area (Å²) in [4.78, 5) is 0. The molecule has 0 radical (unpaired) electrons. The van der Waals surface area contributed by atoms with Crippen LogP contribution in [0.3, 0.4) is 0 Å². The van der Waals surface area contributed by atoms with Gasteiger partial charge < -0.3 is 0 Å². The summed E-state index contributed by atoms with van der Waals surface area (Å²) in [6.07, 6.45) is 2.88. The van der Waals surface area contributed by atoms with Crippen LogP contribution in [-0.4, -0.2) is 5.92 Å². The molecule has 0 aromatic heterocycles. The molecule has 0 bridgehead atoms. The number of alkyl halides is 2. The van der Waals surface area contributed by atoms with Crippen molar-refractivity contribution in [2.24, 2.45) is 5.92 Å². The molecule has 0 aromatic carbocycles. The van der Waals surface area contributed by atoms with Gasteiger partial charge in [-0.25, -0.2) is 8.78 Å². The van der Waals surface area contributed by atoms with Gasteiger partial charge in [-0.3, -0.25) is 0 Å². The minimum atomic E-state index is -2.35. The lowest BCUT2D eigenvalue weighted by atomic mass is 9.85. The van der Waals surface area contributed by atoms with Crippen LogP contribution < -0.4 is 0 Å². The fraction of sp³-hybridized carbons (Fsp3) is 1.00. The van der Waals surface area contributed by atoms with Gasteiger partial charge in [-0.2, -0.15) is 0 Å². The van der Waals surface area contributed by atoms with Gasteiger partial charge in [0.05, 0.1) is 0 Å². The molecular formula is C8H14F2. The molecule has 0 nitrogen and oxygen atoms in total. The van der Waals surface area contributed by atoms with Gasteiger partial charge in [0.2, 0.25) is 5.92 Å². The van der Waals surface area contributed by atoms with Gasteiger partial charge >= 0.3 is 0 Å². The summed E-state index contributed by atoms with van der Waals surface area (Å²) in [6, 6.07) is 0. The molecule has 1 rings (SSSR count). The standard InChI is InChI=1S/C8H14F2/c1-2-7-4-3-5-8(9,10)6-7/h7H,2-6H2,1H3. The zero-order chi connectivity index (χ0) is 7.61. The SMILES string of the molecule is CCC1CCCC(F)(F)C1. The maximum Gasteiger partial charge on any atom is 0.248 e. The normalized spacial score (nSPS) is 32.1. The van der Waals surface area contributed by atoms with Crippen molar-refractivity contribution in [2.45, 2.75) is 45.0 Å². The largest absolute Gasteiger partial charge is 0.248 e. The molecule has 0 aliphatic heterocycles. The second kappa shape index (κ2) is 2.85. The first kappa shape index (κ1) is 7.96. The highest BCUT2D eigenvalue weighted by Gasteiger charge is 2.35. The Labute approximate surface area is 60.6 Å². The lowest BCUT2D eigenvalue weighted by Crippen LogP contribution is -2.25. The van der Waals surface area contributed by atoms with Crippen LogP contribution in [0.4, 0.5) is 8.78 Å². The van der Waals surface area contributed by atoms with Gasteiger partial charge in [0.1, 0.15) is 0 Å². The molecule has 0 saturated heterocycles. The molecule has 1 atom stereocenters. The van der Waals surface area contributed by atoms with E-state index in [-0.39, 0.29) is 18.8 Å². The molecule has 0 heterocycles. The van der Waals surface area contributed by atoms with Crippen LogP contribution in [0.25, 0.3) is 0 Å². The van der Waals surface area contributed by atoms with E-state index in [1.165, 1.54) is 0 Å². The van der Waals surface area contributed by atoms with Crippen molar-refractivity contribution in [1.82, 2.24) is 0 Å². The maximum atomic E-state index is 12.6. The van der Waals surface area contributed by atoms with E-state index in [4.69, 9.17) is 0 Å². The summed E-state index contributed by atoms with van der Waals surface area (Å²) in [7, 11) is 0. The van der Waals surface area contributed by atoms with Gasteiger partial charge in [-0.15, -0.1) is 0 Å². The number of hydrogen-bond acceptors (Lipinski definition) is 0. The zero-order valence-electron chi connectivity index (χ0n) is 6.37. The fourth-order valence-corrected chi connectivity index (χ4v) is 1.62. The van der Waals surface area contributed by atoms with Crippen LogP contribution >= 0.6 is 0 Å². The Balaban J connectivity index is 2.40. The minimum Gasteiger partial charge on any atom is -0.207 e. The monoisotopic (exact) mass is 148 g/mol. The molecule has 0 N–H and O–H groups in total. The zero-order valence-corrected chi connectivity index (χ0v) is 6.37. The van der Waals surface area contributed by atoms with E-state index in [0.717, 1.165) is 12.8 Å². The van der Waals surface area contributed by atoms with E-state index in [1.807, 2.05) is 6.92 Å². The predicted molar refractivity (Wildman–Crippen MR) is 37.2 cm³/mol. The van der Waals surface area contributed by atoms with E-state index in [0.29, 0.717) is 6.42 Å². The molecule has 0 aromatic rings. The first-order valence-corrected chi connectivity index (χ1v) is 4.02. The first-order valence-electron chi connectivity index (χ1n) is 4.02. The highest BCUT2D eigenvalue weighted by atomic mass is 19.3. The first-order chi connectivity index (χ1) is 4.64. The predicted octanol–water partition coefficient (Wildman–Crippen LogP) is 3.22. The van der Waals surface area contributed by atoms with Gasteiger partial charge in [-0.1, -0.05) is 19.8 Å². The molecule has 1 saturated carbocycles. The molecule has 1 aliphatic carbocycles. The van der Waals surface area contributed by atoms with Gasteiger partial charge in [0, 0.05) is 12.8 Å². The van der Waals surface area contributed by atoms with Gasteiger partial charge in [0.15, 0.2) is 0 Å². The average molecular weight is 148 g/mol. The third-order valence-electron chi connectivity index (χ3n) is 2.32. The summed E-state index contributed by atoms with van der Waals surface area (Å²) in [5.41, 5.74) is 0. The van der Waals surface area contributed by atoms with Crippen molar-refractivity contribution in [3.05, 3.63) is 0 Å². The number of halogens is 2. The smallest absolute Gasteiger partial charge is 0.207 e. The Morgan fingerprint density at radius 3 is 2.60 bits per heavy atom. The Morgan fingerprint density at radius 1 is 1.50 bits per heavy atom. The second-order valence-corrected chi connectivity index (χ2v) is 3.23. The molecule has 0 amide bonds. The molecule has 1 fully saturated rings. The van der Waals surface area contributed by atoms with Crippen molar-refractivity contribution < 1.29 is 8.78 Å². The van der Waals surface area contributed by atoms with Crippen molar-refractivity contribution in [2.75, 3.05) is 0 Å². The van der Waals surface area contributed by atoms with E-state index >= 15 is 0 Å². The fourth-order valence-electron chi connectivity index (χ4n) is 1.62. The number of hydrogen-bond donors (Lipinski definition) is 0. The van der Waals surface area contributed by atoms with Crippen molar-refractivity contribution >= 4 is 0 Å². The quantitative estimate of drug-likeness (QED) is 0.535. The Bertz CT molecular complexity index is 110. The van der Waals surface area contributed by atoms with E-state index in [2.05, 4.69) is 0 Å². The van der Waals surface area contributed by atoms with Crippen LogP contribution in [-0.2, 0) is 0 Å².